The van der Waals surface area contributed by atoms with Gasteiger partial charge in [0.15, 0.2) is 5.96 Å². The number of rotatable bonds is 12. The van der Waals surface area contributed by atoms with Gasteiger partial charge in [0.2, 0.25) is 0 Å². The Balaban J connectivity index is 0.00000364. The topological polar surface area (TPSA) is 58.1 Å². The largest absolute Gasteiger partial charge is 0.493 e. The molecule has 0 unspecified atom stereocenters. The van der Waals surface area contributed by atoms with Crippen LogP contribution in [0.2, 0.25) is 0 Å². The van der Waals surface area contributed by atoms with E-state index < -0.39 is 0 Å². The highest BCUT2D eigenvalue weighted by molar-refractivity contribution is 14.0. The molecule has 1 aliphatic rings. The van der Waals surface area contributed by atoms with Crippen LogP contribution >= 0.6 is 24.0 Å². The number of hydrogen-bond acceptors (Lipinski definition) is 4. The molecule has 1 fully saturated rings. The number of ether oxygens (including phenoxy) is 2. The van der Waals surface area contributed by atoms with E-state index in [1.165, 1.54) is 12.8 Å². The van der Waals surface area contributed by atoms with Crippen molar-refractivity contribution < 1.29 is 9.47 Å². The second-order valence-electron chi connectivity index (χ2n) is 6.78. The Labute approximate surface area is 181 Å². The monoisotopic (exact) mass is 490 g/mol. The summed E-state index contributed by atoms with van der Waals surface area (Å²) in [6.07, 6.45) is 2.60. The minimum atomic E-state index is 0. The fraction of sp³-hybridized carbons (Fsp3) is 0.650. The lowest BCUT2D eigenvalue weighted by Gasteiger charge is -2.18. The number of nitrogens with zero attached hydrogens (tertiary/aromatic N) is 2. The van der Waals surface area contributed by atoms with E-state index >= 15 is 0 Å². The Morgan fingerprint density at radius 2 is 2.00 bits per heavy atom. The standard InChI is InChI=1S/C20H34N4O2.HI/c1-4-21-20(22-11-12-24(2)13-14-25-3)23-15-18-7-5-6-8-19(18)26-16-17-9-10-17;/h5-8,17H,4,9-16H2,1-3H3,(H2,21,22,23);1H. The van der Waals surface area contributed by atoms with Crippen molar-refractivity contribution in [3.8, 4) is 5.75 Å². The molecule has 6 nitrogen and oxygen atoms in total. The maximum Gasteiger partial charge on any atom is 0.191 e. The molecule has 0 saturated heterocycles. The summed E-state index contributed by atoms with van der Waals surface area (Å²) in [5.41, 5.74) is 1.13. The molecule has 0 amide bonds. The molecule has 1 aliphatic carbocycles. The van der Waals surface area contributed by atoms with Crippen LogP contribution in [0.3, 0.4) is 0 Å². The highest BCUT2D eigenvalue weighted by Gasteiger charge is 2.22. The number of methoxy groups -OCH3 is 1. The first-order valence-corrected chi connectivity index (χ1v) is 9.63. The molecule has 2 N–H and O–H groups in total. The molecule has 1 saturated carbocycles. The Kier molecular flexibility index (Phi) is 12.4. The van der Waals surface area contributed by atoms with Crippen LogP contribution in [-0.4, -0.2) is 64.4 Å². The fourth-order valence-corrected chi connectivity index (χ4v) is 2.50. The molecule has 1 aromatic carbocycles. The smallest absolute Gasteiger partial charge is 0.191 e. The number of guanidine groups is 1. The van der Waals surface area contributed by atoms with Gasteiger partial charge in [-0.15, -0.1) is 24.0 Å². The van der Waals surface area contributed by atoms with E-state index in [1.54, 1.807) is 7.11 Å². The van der Waals surface area contributed by atoms with Crippen LogP contribution in [0.4, 0.5) is 0 Å². The van der Waals surface area contributed by atoms with Crippen molar-refractivity contribution in [1.82, 2.24) is 15.5 Å². The highest BCUT2D eigenvalue weighted by Crippen LogP contribution is 2.30. The quantitative estimate of drug-likeness (QED) is 0.268. The molecule has 154 valence electrons. The molecule has 0 radical (unpaired) electrons. The zero-order valence-corrected chi connectivity index (χ0v) is 19.2. The molecule has 27 heavy (non-hydrogen) atoms. The minimum Gasteiger partial charge on any atom is -0.493 e. The van der Waals surface area contributed by atoms with E-state index in [4.69, 9.17) is 14.5 Å². The Hall–Kier alpha value is -1.06. The number of benzene rings is 1. The van der Waals surface area contributed by atoms with Crippen molar-refractivity contribution >= 4 is 29.9 Å². The predicted octanol–water partition coefficient (Wildman–Crippen LogP) is 2.73. The van der Waals surface area contributed by atoms with E-state index in [2.05, 4.69) is 35.6 Å². The van der Waals surface area contributed by atoms with E-state index in [0.717, 1.165) is 62.6 Å². The lowest BCUT2D eigenvalue weighted by Crippen LogP contribution is -2.41. The summed E-state index contributed by atoms with van der Waals surface area (Å²) >= 11 is 0. The van der Waals surface area contributed by atoms with E-state index in [-0.39, 0.29) is 24.0 Å². The van der Waals surface area contributed by atoms with Gasteiger partial charge in [-0.3, -0.25) is 0 Å². The van der Waals surface area contributed by atoms with Gasteiger partial charge in [0, 0.05) is 38.9 Å². The number of hydrogen-bond donors (Lipinski definition) is 2. The van der Waals surface area contributed by atoms with Crippen LogP contribution in [-0.2, 0) is 11.3 Å². The maximum atomic E-state index is 5.97. The third-order valence-corrected chi connectivity index (χ3v) is 4.36. The van der Waals surface area contributed by atoms with Crippen molar-refractivity contribution in [2.45, 2.75) is 26.3 Å². The predicted molar refractivity (Wildman–Crippen MR) is 122 cm³/mol. The van der Waals surface area contributed by atoms with Gasteiger partial charge in [0.05, 0.1) is 19.8 Å². The molecule has 0 aliphatic heterocycles. The number of halogens is 1. The van der Waals surface area contributed by atoms with Crippen molar-refractivity contribution in [1.29, 1.82) is 0 Å². The van der Waals surface area contributed by atoms with Gasteiger partial charge in [0.25, 0.3) is 0 Å². The Morgan fingerprint density at radius 1 is 1.22 bits per heavy atom. The van der Waals surface area contributed by atoms with E-state index in [0.29, 0.717) is 6.54 Å². The number of para-hydroxylation sites is 1. The molecule has 0 bridgehead atoms. The van der Waals surface area contributed by atoms with Crippen LogP contribution in [0.5, 0.6) is 5.75 Å². The van der Waals surface area contributed by atoms with Gasteiger partial charge in [-0.1, -0.05) is 18.2 Å². The van der Waals surface area contributed by atoms with E-state index in [9.17, 15) is 0 Å². The summed E-state index contributed by atoms with van der Waals surface area (Å²) in [5.74, 6) is 2.54. The summed E-state index contributed by atoms with van der Waals surface area (Å²) in [7, 11) is 3.83. The maximum absolute atomic E-state index is 5.97. The van der Waals surface area contributed by atoms with Gasteiger partial charge in [-0.05, 0) is 38.8 Å². The van der Waals surface area contributed by atoms with Gasteiger partial charge in [-0.2, -0.15) is 0 Å². The zero-order valence-electron chi connectivity index (χ0n) is 16.9. The van der Waals surface area contributed by atoms with Crippen molar-refractivity contribution in [3.63, 3.8) is 0 Å². The lowest BCUT2D eigenvalue weighted by atomic mass is 10.2. The van der Waals surface area contributed by atoms with Crippen LogP contribution in [0.1, 0.15) is 25.3 Å². The molecular formula is C20H35IN4O2. The number of aliphatic imine (C=N–C) groups is 1. The van der Waals surface area contributed by atoms with Crippen LogP contribution in [0.15, 0.2) is 29.3 Å². The minimum absolute atomic E-state index is 0. The Bertz CT molecular complexity index is 553. The van der Waals surface area contributed by atoms with Crippen LogP contribution in [0, 0.1) is 5.92 Å². The van der Waals surface area contributed by atoms with Crippen LogP contribution < -0.4 is 15.4 Å². The second kappa shape index (κ2) is 14.0. The average molecular weight is 490 g/mol. The normalized spacial score (nSPS) is 14.0. The van der Waals surface area contributed by atoms with E-state index in [1.807, 2.05) is 18.2 Å². The first-order chi connectivity index (χ1) is 12.7. The molecule has 0 heterocycles. The summed E-state index contributed by atoms with van der Waals surface area (Å²) in [5, 5.41) is 6.70. The molecule has 0 spiro atoms. The van der Waals surface area contributed by atoms with Gasteiger partial charge in [0.1, 0.15) is 5.75 Å². The molecular weight excluding hydrogens is 455 g/mol. The summed E-state index contributed by atoms with van der Waals surface area (Å²) < 4.78 is 11.1. The molecule has 0 aromatic heterocycles. The molecule has 2 rings (SSSR count). The lowest BCUT2D eigenvalue weighted by molar-refractivity contribution is 0.162. The molecule has 7 heteroatoms. The number of nitrogens with one attached hydrogen (secondary N) is 2. The first kappa shape index (κ1) is 24.0. The SMILES string of the molecule is CCNC(=NCc1ccccc1OCC1CC1)NCCN(C)CCOC.I. The fourth-order valence-electron chi connectivity index (χ4n) is 2.50. The molecule has 0 atom stereocenters. The van der Waals surface area contributed by atoms with Gasteiger partial charge >= 0.3 is 0 Å². The molecule has 1 aromatic rings. The third-order valence-electron chi connectivity index (χ3n) is 4.36. The van der Waals surface area contributed by atoms with Crippen molar-refractivity contribution in [2.75, 3.05) is 53.6 Å². The highest BCUT2D eigenvalue weighted by atomic mass is 127. The average Bonchev–Trinajstić information content (AvgIpc) is 3.48. The Morgan fingerprint density at radius 3 is 2.70 bits per heavy atom. The first-order valence-electron chi connectivity index (χ1n) is 9.63. The third kappa shape index (κ3) is 10.2. The van der Waals surface area contributed by atoms with Gasteiger partial charge < -0.3 is 25.0 Å². The number of likely N-dealkylation sites (N-methyl/N-ethyl adjacent to an activating group) is 1. The van der Waals surface area contributed by atoms with Gasteiger partial charge in [-0.25, -0.2) is 4.99 Å². The summed E-state index contributed by atoms with van der Waals surface area (Å²) in [6, 6.07) is 8.20. The van der Waals surface area contributed by atoms with Crippen LogP contribution in [0.25, 0.3) is 0 Å². The second-order valence-corrected chi connectivity index (χ2v) is 6.78. The van der Waals surface area contributed by atoms with Crippen molar-refractivity contribution in [2.24, 2.45) is 10.9 Å². The van der Waals surface area contributed by atoms with Crippen molar-refractivity contribution in [3.05, 3.63) is 29.8 Å². The summed E-state index contributed by atoms with van der Waals surface area (Å²) in [6.45, 7) is 7.81. The zero-order chi connectivity index (χ0) is 18.6. The summed E-state index contributed by atoms with van der Waals surface area (Å²) in [4.78, 5) is 6.95.